The molecule has 1 aromatic heterocycles. The van der Waals surface area contributed by atoms with Crippen molar-refractivity contribution in [2.24, 2.45) is 0 Å². The lowest BCUT2D eigenvalue weighted by atomic mass is 9.98. The van der Waals surface area contributed by atoms with Crippen LogP contribution in [0.5, 0.6) is 0 Å². The van der Waals surface area contributed by atoms with Crippen molar-refractivity contribution >= 4 is 17.3 Å². The predicted molar refractivity (Wildman–Crippen MR) is 98.7 cm³/mol. The lowest BCUT2D eigenvalue weighted by Crippen LogP contribution is -2.15. The van der Waals surface area contributed by atoms with Crippen LogP contribution in [0.15, 0.2) is 24.3 Å². The highest BCUT2D eigenvalue weighted by Gasteiger charge is 2.11. The second-order valence-corrected chi connectivity index (χ2v) is 6.46. The highest BCUT2D eigenvalue weighted by atomic mass is 15.1. The zero-order valence-corrected chi connectivity index (χ0v) is 15.1. The third-order valence-electron chi connectivity index (χ3n) is 4.02. The molecule has 1 heterocycles. The minimum atomic E-state index is 0.391. The van der Waals surface area contributed by atoms with Crippen LogP contribution in [0.2, 0.25) is 0 Å². The molecule has 0 aliphatic carbocycles. The fourth-order valence-electron chi connectivity index (χ4n) is 2.53. The van der Waals surface area contributed by atoms with Crippen LogP contribution in [0.3, 0.4) is 0 Å². The molecule has 4 nitrogen and oxygen atoms in total. The Balaban J connectivity index is 2.34. The average molecular weight is 312 g/mol. The molecule has 0 fully saturated rings. The fraction of sp³-hybridized carbons (Fsp3) is 0.474. The van der Waals surface area contributed by atoms with Gasteiger partial charge in [-0.25, -0.2) is 9.97 Å². The van der Waals surface area contributed by atoms with Gasteiger partial charge in [-0.1, -0.05) is 39.0 Å². The molecule has 0 aliphatic heterocycles. The Morgan fingerprint density at radius 2 is 1.74 bits per heavy atom. The lowest BCUT2D eigenvalue weighted by Gasteiger charge is -2.18. The molecule has 0 radical (unpaired) electrons. The zero-order valence-electron chi connectivity index (χ0n) is 15.1. The highest BCUT2D eigenvalue weighted by molar-refractivity contribution is 5.67. The molecule has 2 aromatic rings. The molecule has 0 spiro atoms. The Bertz CT molecular complexity index is 664. The number of aromatic nitrogens is 2. The summed E-state index contributed by atoms with van der Waals surface area (Å²) in [6.07, 6.45) is 1.06. The quantitative estimate of drug-likeness (QED) is 0.772. The van der Waals surface area contributed by atoms with E-state index >= 15 is 0 Å². The number of hydrogen-bond donors (Lipinski definition) is 2. The van der Waals surface area contributed by atoms with E-state index in [1.165, 1.54) is 11.1 Å². The summed E-state index contributed by atoms with van der Waals surface area (Å²) >= 11 is 0. The number of aryl methyl sites for hydroxylation is 2. The summed E-state index contributed by atoms with van der Waals surface area (Å²) in [4.78, 5) is 9.02. The van der Waals surface area contributed by atoms with Crippen molar-refractivity contribution in [1.29, 1.82) is 0 Å². The van der Waals surface area contributed by atoms with Crippen LogP contribution >= 0.6 is 0 Å². The first kappa shape index (κ1) is 17.3. The van der Waals surface area contributed by atoms with Crippen LogP contribution in [-0.2, 0) is 0 Å². The smallest absolute Gasteiger partial charge is 0.136 e. The standard InChI is InChI=1S/C19H28N4/c1-7-14(5)20-17-11-18(22-15(6)21-17)23-19-13(4)9-8-10-16(19)12(2)3/h8-12,14H,7H2,1-6H3,(H2,20,21,22,23). The van der Waals surface area contributed by atoms with E-state index in [0.29, 0.717) is 12.0 Å². The van der Waals surface area contributed by atoms with Gasteiger partial charge in [0.15, 0.2) is 0 Å². The SMILES string of the molecule is CCC(C)Nc1cc(Nc2c(C)cccc2C(C)C)nc(C)n1. The largest absolute Gasteiger partial charge is 0.367 e. The molecule has 1 unspecified atom stereocenters. The summed E-state index contributed by atoms with van der Waals surface area (Å²) in [5, 5.41) is 6.92. The Hall–Kier alpha value is -2.10. The molecular formula is C19H28N4. The van der Waals surface area contributed by atoms with Crippen molar-refractivity contribution < 1.29 is 0 Å². The highest BCUT2D eigenvalue weighted by Crippen LogP contribution is 2.30. The normalized spacial score (nSPS) is 12.3. The number of anilines is 3. The molecule has 0 aliphatic rings. The number of para-hydroxylation sites is 1. The Morgan fingerprint density at radius 3 is 2.39 bits per heavy atom. The summed E-state index contributed by atoms with van der Waals surface area (Å²) in [6.45, 7) is 12.8. The Morgan fingerprint density at radius 1 is 1.04 bits per heavy atom. The average Bonchev–Trinajstić information content (AvgIpc) is 2.48. The van der Waals surface area contributed by atoms with Crippen molar-refractivity contribution in [3.05, 3.63) is 41.2 Å². The van der Waals surface area contributed by atoms with Gasteiger partial charge in [-0.2, -0.15) is 0 Å². The van der Waals surface area contributed by atoms with Crippen molar-refractivity contribution in [2.45, 2.75) is 59.9 Å². The second-order valence-electron chi connectivity index (χ2n) is 6.46. The van der Waals surface area contributed by atoms with Gasteiger partial charge in [0, 0.05) is 17.8 Å². The molecular weight excluding hydrogens is 284 g/mol. The number of benzene rings is 1. The first-order valence-corrected chi connectivity index (χ1v) is 8.39. The van der Waals surface area contributed by atoms with E-state index < -0.39 is 0 Å². The zero-order chi connectivity index (χ0) is 17.0. The molecule has 0 bridgehead atoms. The summed E-state index contributed by atoms with van der Waals surface area (Å²) in [5.41, 5.74) is 3.68. The molecule has 2 rings (SSSR count). The first-order valence-electron chi connectivity index (χ1n) is 8.39. The maximum atomic E-state index is 4.54. The van der Waals surface area contributed by atoms with E-state index in [4.69, 9.17) is 0 Å². The molecule has 2 N–H and O–H groups in total. The molecule has 1 aromatic carbocycles. The third-order valence-corrected chi connectivity index (χ3v) is 4.02. The molecule has 0 saturated heterocycles. The maximum absolute atomic E-state index is 4.54. The van der Waals surface area contributed by atoms with Gasteiger partial charge >= 0.3 is 0 Å². The third kappa shape index (κ3) is 4.44. The minimum absolute atomic E-state index is 0.391. The van der Waals surface area contributed by atoms with Gasteiger partial charge in [-0.15, -0.1) is 0 Å². The van der Waals surface area contributed by atoms with E-state index in [0.717, 1.165) is 29.6 Å². The Kier molecular flexibility index (Phi) is 5.59. The van der Waals surface area contributed by atoms with E-state index in [1.54, 1.807) is 0 Å². The van der Waals surface area contributed by atoms with Gasteiger partial charge in [-0.05, 0) is 44.2 Å². The van der Waals surface area contributed by atoms with Gasteiger partial charge in [0.2, 0.25) is 0 Å². The number of hydrogen-bond acceptors (Lipinski definition) is 4. The lowest BCUT2D eigenvalue weighted by molar-refractivity contribution is 0.757. The van der Waals surface area contributed by atoms with Crippen LogP contribution in [0.4, 0.5) is 17.3 Å². The molecule has 1 atom stereocenters. The van der Waals surface area contributed by atoms with Crippen LogP contribution in [0.25, 0.3) is 0 Å². The van der Waals surface area contributed by atoms with Crippen LogP contribution in [-0.4, -0.2) is 16.0 Å². The minimum Gasteiger partial charge on any atom is -0.367 e. The van der Waals surface area contributed by atoms with Gasteiger partial charge < -0.3 is 10.6 Å². The molecule has 23 heavy (non-hydrogen) atoms. The number of nitrogens with one attached hydrogen (secondary N) is 2. The monoisotopic (exact) mass is 312 g/mol. The fourth-order valence-corrected chi connectivity index (χ4v) is 2.53. The van der Waals surface area contributed by atoms with E-state index in [2.05, 4.69) is 73.4 Å². The first-order chi connectivity index (χ1) is 10.9. The van der Waals surface area contributed by atoms with Crippen molar-refractivity contribution in [3.8, 4) is 0 Å². The van der Waals surface area contributed by atoms with Crippen LogP contribution in [0, 0.1) is 13.8 Å². The molecule has 4 heteroatoms. The summed E-state index contributed by atoms with van der Waals surface area (Å²) < 4.78 is 0. The number of rotatable bonds is 6. The maximum Gasteiger partial charge on any atom is 0.136 e. The van der Waals surface area contributed by atoms with Gasteiger partial charge in [0.25, 0.3) is 0 Å². The second kappa shape index (κ2) is 7.44. The van der Waals surface area contributed by atoms with Crippen molar-refractivity contribution in [1.82, 2.24) is 9.97 Å². The van der Waals surface area contributed by atoms with Crippen LogP contribution < -0.4 is 10.6 Å². The molecule has 0 amide bonds. The van der Waals surface area contributed by atoms with Gasteiger partial charge in [0.1, 0.15) is 17.5 Å². The van der Waals surface area contributed by atoms with E-state index in [9.17, 15) is 0 Å². The summed E-state index contributed by atoms with van der Waals surface area (Å²) in [7, 11) is 0. The topological polar surface area (TPSA) is 49.8 Å². The van der Waals surface area contributed by atoms with Crippen LogP contribution in [0.1, 0.15) is 57.0 Å². The van der Waals surface area contributed by atoms with Crippen molar-refractivity contribution in [2.75, 3.05) is 10.6 Å². The van der Waals surface area contributed by atoms with E-state index in [-0.39, 0.29) is 0 Å². The summed E-state index contributed by atoms with van der Waals surface area (Å²) in [6, 6.07) is 8.78. The van der Waals surface area contributed by atoms with Gasteiger partial charge in [-0.3, -0.25) is 0 Å². The number of nitrogens with zero attached hydrogens (tertiary/aromatic N) is 2. The molecule has 124 valence electrons. The predicted octanol–water partition coefficient (Wildman–Crippen LogP) is 5.17. The Labute approximate surface area is 139 Å². The summed E-state index contributed by atoms with van der Waals surface area (Å²) in [5.74, 6) is 2.92. The van der Waals surface area contributed by atoms with Gasteiger partial charge in [0.05, 0.1) is 0 Å². The molecule has 0 saturated carbocycles. The van der Waals surface area contributed by atoms with E-state index in [1.807, 2.05) is 13.0 Å². The van der Waals surface area contributed by atoms with Crippen molar-refractivity contribution in [3.63, 3.8) is 0 Å².